The second-order valence-corrected chi connectivity index (χ2v) is 7.03. The number of nitrogens with two attached hydrogens (primary N) is 1. The third-order valence-electron chi connectivity index (χ3n) is 4.52. The highest BCUT2D eigenvalue weighted by Crippen LogP contribution is 2.15. The molecule has 3 N–H and O–H groups in total. The summed E-state index contributed by atoms with van der Waals surface area (Å²) in [5.74, 6) is -0.285. The molecule has 5 nitrogen and oxygen atoms in total. The molecule has 2 rings (SSSR count). The molecule has 0 aliphatic carbocycles. The summed E-state index contributed by atoms with van der Waals surface area (Å²) in [5.41, 5.74) is 2.97. The van der Waals surface area contributed by atoms with Crippen molar-refractivity contribution in [1.29, 1.82) is 0 Å². The van der Waals surface area contributed by atoms with E-state index < -0.39 is 0 Å². The van der Waals surface area contributed by atoms with Crippen LogP contribution >= 0.6 is 11.6 Å². The van der Waals surface area contributed by atoms with Crippen LogP contribution in [0.2, 0.25) is 5.02 Å². The fourth-order valence-corrected chi connectivity index (χ4v) is 2.91. The van der Waals surface area contributed by atoms with Crippen molar-refractivity contribution < 1.29 is 14.9 Å². The van der Waals surface area contributed by atoms with Crippen LogP contribution < -0.4 is 10.6 Å². The summed E-state index contributed by atoms with van der Waals surface area (Å²) >= 11 is 5.90. The number of aryl methyl sites for hydroxylation is 1. The molecule has 2 amide bonds. The van der Waals surface area contributed by atoms with Crippen molar-refractivity contribution >= 4 is 29.1 Å². The Bertz CT molecular complexity index is 777. The zero-order chi connectivity index (χ0) is 19.8. The van der Waals surface area contributed by atoms with Gasteiger partial charge in [-0.1, -0.05) is 48.9 Å². The van der Waals surface area contributed by atoms with Gasteiger partial charge in [0, 0.05) is 23.3 Å². The third kappa shape index (κ3) is 6.38. The van der Waals surface area contributed by atoms with Gasteiger partial charge in [-0.05, 0) is 37.1 Å². The number of carbonyl (C=O) groups excluding carboxylic acids is 2. The molecule has 0 heterocycles. The highest BCUT2D eigenvalue weighted by Gasteiger charge is 2.17. The maximum Gasteiger partial charge on any atom is 0.277 e. The normalized spacial score (nSPS) is 11.7. The van der Waals surface area contributed by atoms with Crippen molar-refractivity contribution in [2.75, 3.05) is 25.5 Å². The fourth-order valence-electron chi connectivity index (χ4n) is 2.78. The largest absolute Gasteiger partial charge is 0.333 e. The van der Waals surface area contributed by atoms with E-state index in [1.54, 1.807) is 7.05 Å². The quantitative estimate of drug-likeness (QED) is 0.730. The van der Waals surface area contributed by atoms with Gasteiger partial charge in [0.1, 0.15) is 6.04 Å². The highest BCUT2D eigenvalue weighted by molar-refractivity contribution is 6.30. The number of carbonyl (C=O) groups is 2. The molecule has 0 aliphatic heterocycles. The lowest BCUT2D eigenvalue weighted by molar-refractivity contribution is -0.683. The summed E-state index contributed by atoms with van der Waals surface area (Å²) in [6.07, 6.45) is 0.836. The van der Waals surface area contributed by atoms with Gasteiger partial charge in [-0.3, -0.25) is 9.59 Å². The van der Waals surface area contributed by atoms with E-state index in [9.17, 15) is 9.59 Å². The van der Waals surface area contributed by atoms with Crippen LogP contribution in [0.25, 0.3) is 0 Å². The van der Waals surface area contributed by atoms with E-state index in [0.29, 0.717) is 5.02 Å². The van der Waals surface area contributed by atoms with E-state index in [-0.39, 0.29) is 30.9 Å². The predicted molar refractivity (Wildman–Crippen MR) is 109 cm³/mol. The highest BCUT2D eigenvalue weighted by atomic mass is 35.5. The molecule has 144 valence electrons. The number of nitrogens with one attached hydrogen (secondary N) is 1. The lowest BCUT2D eigenvalue weighted by Gasteiger charge is -2.18. The van der Waals surface area contributed by atoms with E-state index in [4.69, 9.17) is 11.6 Å². The Kier molecular flexibility index (Phi) is 7.82. The Morgan fingerprint density at radius 2 is 1.81 bits per heavy atom. The van der Waals surface area contributed by atoms with Gasteiger partial charge in [0.05, 0.1) is 6.54 Å². The predicted octanol–water partition coefficient (Wildman–Crippen LogP) is 2.62. The number of quaternary nitrogens is 1. The van der Waals surface area contributed by atoms with Crippen LogP contribution in [0, 0.1) is 0 Å². The smallest absolute Gasteiger partial charge is 0.277 e. The summed E-state index contributed by atoms with van der Waals surface area (Å²) in [6, 6.07) is 15.4. The number of likely N-dealkylation sites (N-methyl/N-ethyl adjacent to an activating group) is 1. The van der Waals surface area contributed by atoms with Gasteiger partial charge in [-0.25, -0.2) is 0 Å². The number of hydrogen-bond acceptors (Lipinski definition) is 2. The first-order valence-electron chi connectivity index (χ1n) is 9.11. The van der Waals surface area contributed by atoms with Gasteiger partial charge in [-0.15, -0.1) is 0 Å². The van der Waals surface area contributed by atoms with Crippen molar-refractivity contribution in [2.24, 2.45) is 0 Å². The molecule has 0 aliphatic rings. The molecule has 0 fully saturated rings. The van der Waals surface area contributed by atoms with Gasteiger partial charge in [0.25, 0.3) is 5.91 Å². The van der Waals surface area contributed by atoms with Crippen molar-refractivity contribution in [2.45, 2.75) is 26.3 Å². The summed E-state index contributed by atoms with van der Waals surface area (Å²) in [4.78, 5) is 26.1. The lowest BCUT2D eigenvalue weighted by atomic mass is 10.1. The Hall–Kier alpha value is -2.37. The van der Waals surface area contributed by atoms with Gasteiger partial charge in [-0.2, -0.15) is 0 Å². The Morgan fingerprint density at radius 1 is 1.15 bits per heavy atom. The molecule has 27 heavy (non-hydrogen) atoms. The first-order chi connectivity index (χ1) is 12.9. The molecule has 0 unspecified atom stereocenters. The first-order valence-corrected chi connectivity index (χ1v) is 9.49. The van der Waals surface area contributed by atoms with Crippen molar-refractivity contribution in [1.82, 2.24) is 4.90 Å². The Morgan fingerprint density at radius 3 is 2.48 bits per heavy atom. The summed E-state index contributed by atoms with van der Waals surface area (Å²) in [5, 5.41) is 5.53. The number of benzene rings is 2. The molecule has 0 radical (unpaired) electrons. The van der Waals surface area contributed by atoms with Crippen LogP contribution in [0.5, 0.6) is 0 Å². The number of amides is 2. The molecular weight excluding hydrogens is 362 g/mol. The zero-order valence-electron chi connectivity index (χ0n) is 16.0. The average Bonchev–Trinajstić information content (AvgIpc) is 2.66. The molecular formula is C21H27ClN3O2+. The standard InChI is InChI=1S/C21H26ClN3O2/c1-4-16-7-5-6-8-19(16)24-20(26)14-25(3)21(27)13-23-15(2)17-9-11-18(22)12-10-17/h5-12,15,23H,4,13-14H2,1-3H3,(H,24,26)/p+1/t15-/m1/s1. The first kappa shape index (κ1) is 20.9. The Balaban J connectivity index is 1.82. The minimum Gasteiger partial charge on any atom is -0.333 e. The molecule has 0 saturated heterocycles. The van der Waals surface area contributed by atoms with Gasteiger partial charge in [0.15, 0.2) is 6.54 Å². The summed E-state index contributed by atoms with van der Waals surface area (Å²) in [7, 11) is 1.65. The average molecular weight is 389 g/mol. The van der Waals surface area contributed by atoms with Gasteiger partial charge in [0.2, 0.25) is 5.91 Å². The van der Waals surface area contributed by atoms with E-state index in [1.807, 2.05) is 67.7 Å². The van der Waals surface area contributed by atoms with E-state index in [1.165, 1.54) is 4.90 Å². The number of nitrogens with zero attached hydrogens (tertiary/aromatic N) is 1. The number of anilines is 1. The second-order valence-electron chi connectivity index (χ2n) is 6.59. The van der Waals surface area contributed by atoms with E-state index in [0.717, 1.165) is 23.2 Å². The molecule has 0 saturated carbocycles. The molecule has 2 aromatic rings. The fraction of sp³-hybridized carbons (Fsp3) is 0.333. The van der Waals surface area contributed by atoms with Crippen molar-refractivity contribution in [3.05, 3.63) is 64.7 Å². The molecule has 2 aromatic carbocycles. The van der Waals surface area contributed by atoms with Crippen LogP contribution in [0.15, 0.2) is 48.5 Å². The number of rotatable bonds is 8. The topological polar surface area (TPSA) is 66.0 Å². The van der Waals surface area contributed by atoms with Crippen LogP contribution in [-0.2, 0) is 16.0 Å². The van der Waals surface area contributed by atoms with Gasteiger partial charge < -0.3 is 15.5 Å². The van der Waals surface area contributed by atoms with Crippen LogP contribution in [-0.4, -0.2) is 36.9 Å². The van der Waals surface area contributed by atoms with Crippen LogP contribution in [0.4, 0.5) is 5.69 Å². The molecule has 0 bridgehead atoms. The second kappa shape index (κ2) is 10.1. The maximum absolute atomic E-state index is 12.3. The van der Waals surface area contributed by atoms with Gasteiger partial charge >= 0.3 is 0 Å². The number of para-hydroxylation sites is 1. The van der Waals surface area contributed by atoms with Crippen molar-refractivity contribution in [3.63, 3.8) is 0 Å². The molecule has 0 aromatic heterocycles. The Labute approximate surface area is 165 Å². The minimum absolute atomic E-state index is 0.0278. The SMILES string of the molecule is CCc1ccccc1NC(=O)CN(C)C(=O)C[NH2+][C@H](C)c1ccc(Cl)cc1. The summed E-state index contributed by atoms with van der Waals surface area (Å²) < 4.78 is 0. The third-order valence-corrected chi connectivity index (χ3v) is 4.77. The van der Waals surface area contributed by atoms with E-state index in [2.05, 4.69) is 5.32 Å². The summed E-state index contributed by atoms with van der Waals surface area (Å²) in [6.45, 7) is 4.38. The van der Waals surface area contributed by atoms with E-state index >= 15 is 0 Å². The van der Waals surface area contributed by atoms with Crippen LogP contribution in [0.1, 0.15) is 31.0 Å². The molecule has 1 atom stereocenters. The minimum atomic E-state index is -0.197. The monoisotopic (exact) mass is 388 g/mol. The number of halogens is 1. The lowest BCUT2D eigenvalue weighted by Crippen LogP contribution is -2.87. The van der Waals surface area contributed by atoms with Crippen LogP contribution in [0.3, 0.4) is 0 Å². The molecule has 6 heteroatoms. The zero-order valence-corrected chi connectivity index (χ0v) is 16.8. The number of hydrogen-bond donors (Lipinski definition) is 2. The molecule has 0 spiro atoms. The van der Waals surface area contributed by atoms with Crippen molar-refractivity contribution in [3.8, 4) is 0 Å². The maximum atomic E-state index is 12.3.